The lowest BCUT2D eigenvalue weighted by atomic mass is 9.97. The molecule has 1 N–H and O–H groups in total. The fourth-order valence-corrected chi connectivity index (χ4v) is 3.47. The van der Waals surface area contributed by atoms with E-state index >= 15 is 0 Å². The third kappa shape index (κ3) is 3.96. The lowest BCUT2D eigenvalue weighted by molar-refractivity contribution is 0.234. The van der Waals surface area contributed by atoms with E-state index in [1.54, 1.807) is 0 Å². The molecule has 3 atom stereocenters. The van der Waals surface area contributed by atoms with Gasteiger partial charge in [0.25, 0.3) is 0 Å². The summed E-state index contributed by atoms with van der Waals surface area (Å²) in [5, 5.41) is 3.72. The topological polar surface area (TPSA) is 15.3 Å². The van der Waals surface area contributed by atoms with Gasteiger partial charge in [0.1, 0.15) is 0 Å². The van der Waals surface area contributed by atoms with Crippen LogP contribution in [0.3, 0.4) is 0 Å². The Balaban J connectivity index is 1.75. The van der Waals surface area contributed by atoms with Crippen LogP contribution >= 0.6 is 0 Å². The van der Waals surface area contributed by atoms with E-state index in [4.69, 9.17) is 0 Å². The smallest absolute Gasteiger partial charge is 0.0222 e. The molecule has 2 fully saturated rings. The second-order valence-electron chi connectivity index (χ2n) is 6.40. The molecule has 0 aromatic carbocycles. The molecule has 3 unspecified atom stereocenters. The van der Waals surface area contributed by atoms with E-state index < -0.39 is 0 Å². The largest absolute Gasteiger partial charge is 0.313 e. The summed E-state index contributed by atoms with van der Waals surface area (Å²) < 4.78 is 0. The molecular weight excluding hydrogens is 208 g/mol. The molecule has 0 bridgehead atoms. The van der Waals surface area contributed by atoms with Gasteiger partial charge in [0.05, 0.1) is 0 Å². The molecule has 0 amide bonds. The molecule has 0 radical (unpaired) electrons. The van der Waals surface area contributed by atoms with Gasteiger partial charge in [0.2, 0.25) is 0 Å². The van der Waals surface area contributed by atoms with Crippen molar-refractivity contribution in [2.75, 3.05) is 26.7 Å². The number of rotatable bonds is 7. The van der Waals surface area contributed by atoms with E-state index in [-0.39, 0.29) is 0 Å². The molecule has 2 aliphatic carbocycles. The van der Waals surface area contributed by atoms with Gasteiger partial charge in [0, 0.05) is 19.1 Å². The Labute approximate surface area is 107 Å². The van der Waals surface area contributed by atoms with Gasteiger partial charge in [-0.2, -0.15) is 0 Å². The van der Waals surface area contributed by atoms with Crippen LogP contribution in [0.2, 0.25) is 0 Å². The summed E-state index contributed by atoms with van der Waals surface area (Å²) in [7, 11) is 2.31. The normalized spacial score (nSPS) is 31.1. The standard InChI is InChI=1S/C15H30N2/c1-4-16-15(13-7-5-6-8-13)11-17(3)10-14-9-12(14)2/h12-16H,4-11H2,1-3H3. The van der Waals surface area contributed by atoms with Crippen molar-refractivity contribution in [1.82, 2.24) is 10.2 Å². The van der Waals surface area contributed by atoms with Crippen LogP contribution < -0.4 is 5.32 Å². The summed E-state index contributed by atoms with van der Waals surface area (Å²) in [5.41, 5.74) is 0. The van der Waals surface area contributed by atoms with Crippen molar-refractivity contribution in [3.8, 4) is 0 Å². The number of hydrogen-bond acceptors (Lipinski definition) is 2. The Morgan fingerprint density at radius 1 is 1.29 bits per heavy atom. The lowest BCUT2D eigenvalue weighted by Crippen LogP contribution is -2.44. The van der Waals surface area contributed by atoms with E-state index in [1.165, 1.54) is 45.2 Å². The maximum atomic E-state index is 3.72. The zero-order valence-corrected chi connectivity index (χ0v) is 11.9. The van der Waals surface area contributed by atoms with Gasteiger partial charge < -0.3 is 10.2 Å². The summed E-state index contributed by atoms with van der Waals surface area (Å²) in [4.78, 5) is 2.57. The zero-order chi connectivity index (χ0) is 12.3. The van der Waals surface area contributed by atoms with Crippen molar-refractivity contribution >= 4 is 0 Å². The van der Waals surface area contributed by atoms with Crippen molar-refractivity contribution in [1.29, 1.82) is 0 Å². The first-order chi connectivity index (χ1) is 8.20. The Morgan fingerprint density at radius 3 is 2.47 bits per heavy atom. The summed E-state index contributed by atoms with van der Waals surface area (Å²) in [6, 6.07) is 0.738. The minimum absolute atomic E-state index is 0.738. The van der Waals surface area contributed by atoms with E-state index in [0.717, 1.165) is 30.3 Å². The van der Waals surface area contributed by atoms with E-state index in [9.17, 15) is 0 Å². The van der Waals surface area contributed by atoms with Gasteiger partial charge in [-0.3, -0.25) is 0 Å². The van der Waals surface area contributed by atoms with Crippen LogP contribution in [0.5, 0.6) is 0 Å². The van der Waals surface area contributed by atoms with Crippen molar-refractivity contribution in [2.24, 2.45) is 17.8 Å². The highest BCUT2D eigenvalue weighted by molar-refractivity contribution is 4.87. The van der Waals surface area contributed by atoms with Crippen LogP contribution in [-0.4, -0.2) is 37.6 Å². The van der Waals surface area contributed by atoms with E-state index in [2.05, 4.69) is 31.1 Å². The minimum Gasteiger partial charge on any atom is -0.313 e. The van der Waals surface area contributed by atoms with Crippen molar-refractivity contribution < 1.29 is 0 Å². The van der Waals surface area contributed by atoms with Crippen LogP contribution in [0, 0.1) is 17.8 Å². The summed E-state index contributed by atoms with van der Waals surface area (Å²) >= 11 is 0. The second-order valence-corrected chi connectivity index (χ2v) is 6.40. The molecule has 2 nitrogen and oxygen atoms in total. The average Bonchev–Trinajstić information content (AvgIpc) is 2.82. The molecule has 2 rings (SSSR count). The lowest BCUT2D eigenvalue weighted by Gasteiger charge is -2.29. The highest BCUT2D eigenvalue weighted by Crippen LogP contribution is 2.38. The van der Waals surface area contributed by atoms with E-state index in [1.807, 2.05) is 0 Å². The summed E-state index contributed by atoms with van der Waals surface area (Å²) in [6.07, 6.45) is 7.27. The first kappa shape index (κ1) is 13.4. The number of nitrogens with one attached hydrogen (secondary N) is 1. The molecule has 0 spiro atoms. The predicted molar refractivity (Wildman–Crippen MR) is 74.2 cm³/mol. The molecule has 2 aliphatic rings. The van der Waals surface area contributed by atoms with Crippen LogP contribution in [-0.2, 0) is 0 Å². The SMILES string of the molecule is CCNC(CN(C)CC1CC1C)C1CCCC1. The fourth-order valence-electron chi connectivity index (χ4n) is 3.47. The maximum absolute atomic E-state index is 3.72. The first-order valence-corrected chi connectivity index (χ1v) is 7.62. The molecule has 0 aliphatic heterocycles. The molecule has 0 heterocycles. The van der Waals surface area contributed by atoms with Crippen LogP contribution in [0.15, 0.2) is 0 Å². The van der Waals surface area contributed by atoms with Crippen molar-refractivity contribution in [3.63, 3.8) is 0 Å². The molecular formula is C15H30N2. The number of likely N-dealkylation sites (N-methyl/N-ethyl adjacent to an activating group) is 2. The van der Waals surface area contributed by atoms with E-state index in [0.29, 0.717) is 0 Å². The summed E-state index contributed by atoms with van der Waals surface area (Å²) in [6.45, 7) is 8.31. The first-order valence-electron chi connectivity index (χ1n) is 7.62. The molecule has 2 heteroatoms. The molecule has 2 saturated carbocycles. The quantitative estimate of drug-likeness (QED) is 0.733. The summed E-state index contributed by atoms with van der Waals surface area (Å²) in [5.74, 6) is 2.92. The molecule has 0 saturated heterocycles. The van der Waals surface area contributed by atoms with Gasteiger partial charge in [-0.05, 0) is 50.6 Å². The van der Waals surface area contributed by atoms with Crippen molar-refractivity contribution in [2.45, 2.75) is 52.0 Å². The fraction of sp³-hybridized carbons (Fsp3) is 1.00. The third-order valence-electron chi connectivity index (χ3n) is 4.77. The highest BCUT2D eigenvalue weighted by atomic mass is 15.1. The van der Waals surface area contributed by atoms with Crippen molar-refractivity contribution in [3.05, 3.63) is 0 Å². The molecule has 17 heavy (non-hydrogen) atoms. The predicted octanol–water partition coefficient (Wildman–Crippen LogP) is 2.74. The van der Waals surface area contributed by atoms with Gasteiger partial charge in [0.15, 0.2) is 0 Å². The number of nitrogens with zero attached hydrogens (tertiary/aromatic N) is 1. The monoisotopic (exact) mass is 238 g/mol. The molecule has 0 aromatic rings. The van der Waals surface area contributed by atoms with Crippen LogP contribution in [0.4, 0.5) is 0 Å². The van der Waals surface area contributed by atoms with Gasteiger partial charge in [-0.1, -0.05) is 26.7 Å². The molecule has 100 valence electrons. The van der Waals surface area contributed by atoms with Gasteiger partial charge in [-0.15, -0.1) is 0 Å². The van der Waals surface area contributed by atoms with Gasteiger partial charge in [-0.25, -0.2) is 0 Å². The Kier molecular flexibility index (Phi) is 4.87. The van der Waals surface area contributed by atoms with Crippen LogP contribution in [0.1, 0.15) is 46.0 Å². The zero-order valence-electron chi connectivity index (χ0n) is 11.9. The average molecular weight is 238 g/mol. The highest BCUT2D eigenvalue weighted by Gasteiger charge is 2.34. The third-order valence-corrected chi connectivity index (χ3v) is 4.77. The van der Waals surface area contributed by atoms with Crippen LogP contribution in [0.25, 0.3) is 0 Å². The Bertz CT molecular complexity index is 223. The second kappa shape index (κ2) is 6.19. The molecule has 0 aromatic heterocycles. The Hall–Kier alpha value is -0.0800. The maximum Gasteiger partial charge on any atom is 0.0222 e. The minimum atomic E-state index is 0.738. The van der Waals surface area contributed by atoms with Gasteiger partial charge >= 0.3 is 0 Å². The Morgan fingerprint density at radius 2 is 1.94 bits per heavy atom. The number of hydrogen-bond donors (Lipinski definition) is 1.